The summed E-state index contributed by atoms with van der Waals surface area (Å²) in [5, 5.41) is 1.56. The molecule has 0 N–H and O–H groups in total. The quantitative estimate of drug-likeness (QED) is 0.228. The number of halogens is 2. The Bertz CT molecular complexity index is 1220. The maximum absolute atomic E-state index is 7.06. The molecule has 1 aliphatic rings. The molecule has 3 aromatic carbocycles. The normalized spacial score (nSPS) is 14.8. The van der Waals surface area contributed by atoms with Crippen LogP contribution in [0.25, 0.3) is 22.3 Å². The lowest BCUT2D eigenvalue weighted by Crippen LogP contribution is -2.22. The molecule has 4 rings (SSSR count). The van der Waals surface area contributed by atoms with Crippen molar-refractivity contribution in [3.63, 3.8) is 0 Å². The van der Waals surface area contributed by atoms with Crippen molar-refractivity contribution < 1.29 is 4.74 Å². The molecule has 0 aromatic heterocycles. The van der Waals surface area contributed by atoms with Crippen molar-refractivity contribution in [2.24, 2.45) is 0 Å². The number of hydrogen-bond donors (Lipinski definition) is 0. The zero-order valence-electron chi connectivity index (χ0n) is 20.8. The molecule has 1 unspecified atom stereocenters. The summed E-state index contributed by atoms with van der Waals surface area (Å²) in [5.74, 6) is 0.903. The van der Waals surface area contributed by atoms with Crippen molar-refractivity contribution in [1.82, 2.24) is 0 Å². The predicted molar refractivity (Wildman–Crippen MR) is 150 cm³/mol. The van der Waals surface area contributed by atoms with E-state index >= 15 is 0 Å². The first-order chi connectivity index (χ1) is 16.2. The van der Waals surface area contributed by atoms with Crippen molar-refractivity contribution >= 4 is 32.0 Å². The highest BCUT2D eigenvalue weighted by molar-refractivity contribution is 6.62. The fourth-order valence-corrected chi connectivity index (χ4v) is 8.43. The SMILES string of the molecule is C=CCOc1c(-c2c(Cl)ccc3c2C([Si](CC)CC)c2cc(Cl)ccc2-3)cccc1C(C)(C)C. The van der Waals surface area contributed by atoms with E-state index in [-0.39, 0.29) is 5.41 Å². The van der Waals surface area contributed by atoms with Crippen LogP contribution in [-0.2, 0) is 5.41 Å². The van der Waals surface area contributed by atoms with Crippen LogP contribution in [0.15, 0.2) is 61.2 Å². The molecule has 1 atom stereocenters. The van der Waals surface area contributed by atoms with Crippen molar-refractivity contribution in [3.8, 4) is 28.0 Å². The van der Waals surface area contributed by atoms with Crippen LogP contribution >= 0.6 is 23.2 Å². The van der Waals surface area contributed by atoms with E-state index in [1.807, 2.05) is 12.1 Å². The van der Waals surface area contributed by atoms with Gasteiger partial charge in [-0.2, -0.15) is 0 Å². The van der Waals surface area contributed by atoms with E-state index in [1.54, 1.807) is 6.08 Å². The molecule has 0 aliphatic heterocycles. The van der Waals surface area contributed by atoms with Crippen molar-refractivity contribution in [3.05, 3.63) is 87.9 Å². The first kappa shape index (κ1) is 25.1. The summed E-state index contributed by atoms with van der Waals surface area (Å²) < 4.78 is 6.37. The Balaban J connectivity index is 2.07. The molecule has 1 radical (unpaired) electrons. The smallest absolute Gasteiger partial charge is 0.131 e. The van der Waals surface area contributed by atoms with Gasteiger partial charge in [0, 0.05) is 32.3 Å². The van der Waals surface area contributed by atoms with Gasteiger partial charge in [0.05, 0.1) is 8.80 Å². The van der Waals surface area contributed by atoms with E-state index in [0.717, 1.165) is 26.9 Å². The molecule has 3 aromatic rings. The first-order valence-corrected chi connectivity index (χ1v) is 14.8. The zero-order chi connectivity index (χ0) is 24.6. The number of fused-ring (bicyclic) bond motifs is 3. The fraction of sp³-hybridized carbons (Fsp3) is 0.333. The molecule has 0 heterocycles. The standard InChI is InChI=1S/C30H33Cl2OSi/c1-7-17-33-28-22(11-10-12-24(28)30(4,5)6)26-25(32)16-15-21-20-14-13-19(31)18-23(20)29(27(21)26)34(8-2)9-3/h7,10-16,18,29H,1,8-9,17H2,2-6H3. The molecule has 1 nitrogen and oxygen atoms in total. The summed E-state index contributed by atoms with van der Waals surface area (Å²) in [4.78, 5) is 0. The predicted octanol–water partition coefficient (Wildman–Crippen LogP) is 9.71. The van der Waals surface area contributed by atoms with Crippen molar-refractivity contribution in [1.29, 1.82) is 0 Å². The maximum atomic E-state index is 7.06. The molecule has 0 saturated carbocycles. The van der Waals surface area contributed by atoms with Gasteiger partial charge >= 0.3 is 0 Å². The lowest BCUT2D eigenvalue weighted by molar-refractivity contribution is 0.352. The van der Waals surface area contributed by atoms with Crippen molar-refractivity contribution in [2.45, 2.75) is 57.7 Å². The van der Waals surface area contributed by atoms with Crippen LogP contribution in [0.2, 0.25) is 22.1 Å². The van der Waals surface area contributed by atoms with Crippen LogP contribution in [0.1, 0.15) is 56.9 Å². The molecule has 0 bridgehead atoms. The van der Waals surface area contributed by atoms with Crippen LogP contribution in [0.4, 0.5) is 0 Å². The number of ether oxygens (including phenoxy) is 1. The van der Waals surface area contributed by atoms with Gasteiger partial charge in [-0.15, -0.1) is 0 Å². The highest BCUT2D eigenvalue weighted by Gasteiger charge is 2.38. The average molecular weight is 509 g/mol. The van der Waals surface area contributed by atoms with Gasteiger partial charge in [-0.05, 0) is 45.9 Å². The van der Waals surface area contributed by atoms with Crippen LogP contribution in [0, 0.1) is 0 Å². The Hall–Kier alpha value is -2.00. The third-order valence-electron chi connectivity index (χ3n) is 6.85. The summed E-state index contributed by atoms with van der Waals surface area (Å²) in [6, 6.07) is 19.4. The lowest BCUT2D eigenvalue weighted by atomic mass is 9.83. The monoisotopic (exact) mass is 507 g/mol. The van der Waals surface area contributed by atoms with Crippen LogP contribution in [-0.4, -0.2) is 15.4 Å². The lowest BCUT2D eigenvalue weighted by Gasteiger charge is -2.28. The molecular formula is C30H33Cl2OSi. The second-order valence-electron chi connectivity index (χ2n) is 9.95. The molecule has 177 valence electrons. The van der Waals surface area contributed by atoms with Crippen LogP contribution < -0.4 is 4.74 Å². The molecule has 0 fully saturated rings. The minimum atomic E-state index is -0.728. The molecule has 0 amide bonds. The zero-order valence-corrected chi connectivity index (χ0v) is 23.3. The molecule has 4 heteroatoms. The van der Waals surface area contributed by atoms with Crippen molar-refractivity contribution in [2.75, 3.05) is 6.61 Å². The molecule has 34 heavy (non-hydrogen) atoms. The third-order valence-corrected chi connectivity index (χ3v) is 10.6. The molecule has 1 aliphatic carbocycles. The van der Waals surface area contributed by atoms with E-state index in [0.29, 0.717) is 12.1 Å². The van der Waals surface area contributed by atoms with Gasteiger partial charge in [0.25, 0.3) is 0 Å². The van der Waals surface area contributed by atoms with E-state index in [4.69, 9.17) is 27.9 Å². The van der Waals surface area contributed by atoms with E-state index in [9.17, 15) is 0 Å². The van der Waals surface area contributed by atoms with Gasteiger partial charge < -0.3 is 4.74 Å². The third kappa shape index (κ3) is 4.37. The highest BCUT2D eigenvalue weighted by atomic mass is 35.5. The fourth-order valence-electron chi connectivity index (χ4n) is 5.28. The van der Waals surface area contributed by atoms with Gasteiger partial charge in [-0.1, -0.05) is 113 Å². The summed E-state index contributed by atoms with van der Waals surface area (Å²) in [6.07, 6.45) is 1.80. The maximum Gasteiger partial charge on any atom is 0.131 e. The molecule has 0 saturated heterocycles. The Morgan fingerprint density at radius 1 is 0.971 bits per heavy atom. The minimum absolute atomic E-state index is 0.0748. The number of rotatable bonds is 7. The van der Waals surface area contributed by atoms with Crippen LogP contribution in [0.3, 0.4) is 0 Å². The second kappa shape index (κ2) is 9.93. The molecular weight excluding hydrogens is 475 g/mol. The summed E-state index contributed by atoms with van der Waals surface area (Å²) in [5.41, 5.74) is 8.86. The Morgan fingerprint density at radius 3 is 2.32 bits per heavy atom. The Kier molecular flexibility index (Phi) is 7.33. The van der Waals surface area contributed by atoms with Gasteiger partial charge in [-0.25, -0.2) is 0 Å². The van der Waals surface area contributed by atoms with Gasteiger partial charge in [0.15, 0.2) is 0 Å². The van der Waals surface area contributed by atoms with E-state index in [2.05, 4.69) is 77.6 Å². The number of para-hydroxylation sites is 1. The first-order valence-electron chi connectivity index (χ1n) is 12.1. The van der Waals surface area contributed by atoms with Gasteiger partial charge in [0.2, 0.25) is 0 Å². The van der Waals surface area contributed by atoms with Gasteiger partial charge in [0.1, 0.15) is 12.4 Å². The number of hydrogen-bond acceptors (Lipinski definition) is 1. The summed E-state index contributed by atoms with van der Waals surface area (Å²) >= 11 is 13.6. The Morgan fingerprint density at radius 2 is 1.68 bits per heavy atom. The second-order valence-corrected chi connectivity index (χ2v) is 14.1. The highest BCUT2D eigenvalue weighted by Crippen LogP contribution is 2.55. The largest absolute Gasteiger partial charge is 0.489 e. The topological polar surface area (TPSA) is 9.23 Å². The Labute approximate surface area is 216 Å². The average Bonchev–Trinajstić information content (AvgIpc) is 3.11. The summed E-state index contributed by atoms with van der Waals surface area (Å²) in [7, 11) is -0.728. The number of benzene rings is 3. The minimum Gasteiger partial charge on any atom is -0.489 e. The van der Waals surface area contributed by atoms with E-state index < -0.39 is 8.80 Å². The van der Waals surface area contributed by atoms with Gasteiger partial charge in [-0.3, -0.25) is 0 Å². The molecule has 0 spiro atoms. The van der Waals surface area contributed by atoms with E-state index in [1.165, 1.54) is 39.9 Å². The summed E-state index contributed by atoms with van der Waals surface area (Å²) in [6.45, 7) is 15.6. The van der Waals surface area contributed by atoms with Crippen LogP contribution in [0.5, 0.6) is 5.75 Å².